The van der Waals surface area contributed by atoms with Crippen molar-refractivity contribution in [2.24, 2.45) is 5.41 Å². The molecule has 0 saturated carbocycles. The van der Waals surface area contributed by atoms with Crippen LogP contribution in [0.25, 0.3) is 0 Å². The molecule has 4 rings (SSSR count). The minimum atomic E-state index is -0.827. The zero-order chi connectivity index (χ0) is 19.7. The lowest BCUT2D eigenvalue weighted by Crippen LogP contribution is -2.45. The third-order valence-corrected chi connectivity index (χ3v) is 5.77. The Bertz CT molecular complexity index is 873. The first-order chi connectivity index (χ1) is 13.4. The van der Waals surface area contributed by atoms with E-state index in [4.69, 9.17) is 5.73 Å². The average Bonchev–Trinajstić information content (AvgIpc) is 3.25. The van der Waals surface area contributed by atoms with Crippen molar-refractivity contribution >= 4 is 11.9 Å². The molecule has 1 atom stereocenters. The van der Waals surface area contributed by atoms with E-state index in [1.165, 1.54) is 16.8 Å². The number of rotatable bonds is 4. The van der Waals surface area contributed by atoms with E-state index in [1.807, 2.05) is 4.90 Å². The molecule has 1 amide bonds. The smallest absolute Gasteiger partial charge is 0.244 e. The number of hydrogen-bond acceptors (Lipinski definition) is 6. The molecular weight excluding hydrogens is 368 g/mol. The second kappa shape index (κ2) is 7.42. The first kappa shape index (κ1) is 18.7. The maximum absolute atomic E-state index is 13.5. The molecule has 2 saturated heterocycles. The molecule has 1 spiro atoms. The minimum Gasteiger partial charge on any atom is -0.367 e. The summed E-state index contributed by atoms with van der Waals surface area (Å²) in [5, 5.41) is 10.8. The van der Waals surface area contributed by atoms with Crippen LogP contribution in [0.4, 0.5) is 14.7 Å². The standard InChI is InChI=1S/C18H23F2N7O/c19-14-3-2-13(8-15(14)20)9-25-6-1-4-18(11-25)5-7-26(12-18)16(28)10-27-17(21)22-23-24-27/h2-3,8H,1,4-7,9-12H2,(H2,21,22,24). The number of nitrogens with two attached hydrogens (primary N) is 1. The number of nitrogen functional groups attached to an aromatic ring is 1. The van der Waals surface area contributed by atoms with Crippen LogP contribution in [0, 0.1) is 17.0 Å². The predicted octanol–water partition coefficient (Wildman–Crippen LogP) is 1.05. The van der Waals surface area contributed by atoms with Crippen molar-refractivity contribution < 1.29 is 13.6 Å². The molecule has 2 N–H and O–H groups in total. The fourth-order valence-corrected chi connectivity index (χ4v) is 4.37. The van der Waals surface area contributed by atoms with Crippen LogP contribution in [-0.4, -0.2) is 62.1 Å². The summed E-state index contributed by atoms with van der Waals surface area (Å²) in [4.78, 5) is 16.7. The summed E-state index contributed by atoms with van der Waals surface area (Å²) >= 11 is 0. The number of hydrogen-bond donors (Lipinski definition) is 1. The molecule has 1 aromatic heterocycles. The van der Waals surface area contributed by atoms with Gasteiger partial charge in [0, 0.05) is 31.6 Å². The van der Waals surface area contributed by atoms with Gasteiger partial charge in [-0.25, -0.2) is 13.5 Å². The van der Waals surface area contributed by atoms with Gasteiger partial charge in [-0.05, 0) is 53.9 Å². The van der Waals surface area contributed by atoms with Gasteiger partial charge in [-0.1, -0.05) is 11.2 Å². The Hall–Kier alpha value is -2.62. The number of aromatic nitrogens is 4. The predicted molar refractivity (Wildman–Crippen MR) is 96.7 cm³/mol. The second-order valence-electron chi connectivity index (χ2n) is 7.82. The van der Waals surface area contributed by atoms with Crippen molar-refractivity contribution in [3.05, 3.63) is 35.4 Å². The highest BCUT2D eigenvalue weighted by Crippen LogP contribution is 2.39. The second-order valence-corrected chi connectivity index (χ2v) is 7.82. The molecular formula is C18H23F2N7O. The Morgan fingerprint density at radius 1 is 1.18 bits per heavy atom. The molecule has 3 heterocycles. The molecule has 28 heavy (non-hydrogen) atoms. The van der Waals surface area contributed by atoms with Gasteiger partial charge in [-0.2, -0.15) is 0 Å². The molecule has 0 bridgehead atoms. The number of anilines is 1. The zero-order valence-electron chi connectivity index (χ0n) is 15.5. The Balaban J connectivity index is 1.37. The molecule has 1 aromatic carbocycles. The Morgan fingerprint density at radius 2 is 2.04 bits per heavy atom. The van der Waals surface area contributed by atoms with Crippen LogP contribution in [0.2, 0.25) is 0 Å². The molecule has 1 unspecified atom stereocenters. The molecule has 0 radical (unpaired) electrons. The normalized spacial score (nSPS) is 22.9. The van der Waals surface area contributed by atoms with Crippen molar-refractivity contribution in [1.82, 2.24) is 30.0 Å². The third kappa shape index (κ3) is 3.82. The lowest BCUT2D eigenvalue weighted by Gasteiger charge is -2.40. The topological polar surface area (TPSA) is 93.2 Å². The van der Waals surface area contributed by atoms with Crippen molar-refractivity contribution in [2.75, 3.05) is 31.9 Å². The summed E-state index contributed by atoms with van der Waals surface area (Å²) in [7, 11) is 0. The van der Waals surface area contributed by atoms with Crippen LogP contribution in [0.15, 0.2) is 18.2 Å². The Kier molecular flexibility index (Phi) is 4.96. The van der Waals surface area contributed by atoms with E-state index in [0.29, 0.717) is 19.6 Å². The number of piperidine rings is 1. The summed E-state index contributed by atoms with van der Waals surface area (Å²) in [5.41, 5.74) is 6.44. The number of benzene rings is 1. The van der Waals surface area contributed by atoms with Gasteiger partial charge >= 0.3 is 0 Å². The highest BCUT2D eigenvalue weighted by molar-refractivity contribution is 5.76. The van der Waals surface area contributed by atoms with E-state index in [1.54, 1.807) is 6.07 Å². The van der Waals surface area contributed by atoms with Crippen LogP contribution in [-0.2, 0) is 17.9 Å². The summed E-state index contributed by atoms with van der Waals surface area (Å²) in [6.07, 6.45) is 3.00. The van der Waals surface area contributed by atoms with E-state index in [2.05, 4.69) is 20.4 Å². The fraction of sp³-hybridized carbons (Fsp3) is 0.556. The molecule has 10 heteroatoms. The highest BCUT2D eigenvalue weighted by Gasteiger charge is 2.42. The maximum Gasteiger partial charge on any atom is 0.244 e. The number of nitrogens with zero attached hydrogens (tertiary/aromatic N) is 6. The largest absolute Gasteiger partial charge is 0.367 e. The van der Waals surface area contributed by atoms with Gasteiger partial charge in [0.25, 0.3) is 0 Å². The van der Waals surface area contributed by atoms with Gasteiger partial charge in [0.05, 0.1) is 0 Å². The molecule has 8 nitrogen and oxygen atoms in total. The third-order valence-electron chi connectivity index (χ3n) is 5.77. The van der Waals surface area contributed by atoms with Crippen LogP contribution < -0.4 is 5.73 Å². The van der Waals surface area contributed by atoms with E-state index < -0.39 is 11.6 Å². The van der Waals surface area contributed by atoms with Crippen LogP contribution in [0.3, 0.4) is 0 Å². The van der Waals surface area contributed by atoms with Gasteiger partial charge in [0.15, 0.2) is 11.6 Å². The number of amides is 1. The van der Waals surface area contributed by atoms with E-state index >= 15 is 0 Å². The summed E-state index contributed by atoms with van der Waals surface area (Å²) in [5.74, 6) is -1.57. The SMILES string of the molecule is Nc1nnnn1CC(=O)N1CCC2(CCCN(Cc3ccc(F)c(F)c3)C2)C1. The number of halogens is 2. The first-order valence-corrected chi connectivity index (χ1v) is 9.40. The Morgan fingerprint density at radius 3 is 2.79 bits per heavy atom. The van der Waals surface area contributed by atoms with Crippen molar-refractivity contribution in [2.45, 2.75) is 32.4 Å². The van der Waals surface area contributed by atoms with E-state index in [0.717, 1.165) is 37.9 Å². The van der Waals surface area contributed by atoms with E-state index in [-0.39, 0.29) is 23.8 Å². The minimum absolute atomic E-state index is 0.0352. The van der Waals surface area contributed by atoms with Gasteiger partial charge < -0.3 is 10.6 Å². The van der Waals surface area contributed by atoms with Gasteiger partial charge in [0.1, 0.15) is 6.54 Å². The van der Waals surface area contributed by atoms with E-state index in [9.17, 15) is 13.6 Å². The fourth-order valence-electron chi connectivity index (χ4n) is 4.37. The maximum atomic E-state index is 13.5. The summed E-state index contributed by atoms with van der Waals surface area (Å²) in [6, 6.07) is 4.06. The van der Waals surface area contributed by atoms with Crippen LogP contribution in [0.5, 0.6) is 0 Å². The summed E-state index contributed by atoms with van der Waals surface area (Å²) < 4.78 is 27.9. The quantitative estimate of drug-likeness (QED) is 0.837. The molecule has 0 aliphatic carbocycles. The lowest BCUT2D eigenvalue weighted by molar-refractivity contribution is -0.131. The first-order valence-electron chi connectivity index (χ1n) is 9.40. The number of carbonyl (C=O) groups excluding carboxylic acids is 1. The van der Waals surface area contributed by atoms with Gasteiger partial charge in [0.2, 0.25) is 11.9 Å². The van der Waals surface area contributed by atoms with Crippen molar-refractivity contribution in [3.63, 3.8) is 0 Å². The lowest BCUT2D eigenvalue weighted by atomic mass is 9.79. The van der Waals surface area contributed by atoms with Crippen molar-refractivity contribution in [1.29, 1.82) is 0 Å². The molecule has 2 fully saturated rings. The van der Waals surface area contributed by atoms with Crippen LogP contribution in [0.1, 0.15) is 24.8 Å². The molecule has 150 valence electrons. The zero-order valence-corrected chi connectivity index (χ0v) is 15.5. The highest BCUT2D eigenvalue weighted by atomic mass is 19.2. The Labute approximate surface area is 161 Å². The molecule has 2 aromatic rings. The molecule has 2 aliphatic heterocycles. The number of tetrazole rings is 1. The van der Waals surface area contributed by atoms with Gasteiger partial charge in [-0.15, -0.1) is 0 Å². The van der Waals surface area contributed by atoms with Crippen molar-refractivity contribution in [3.8, 4) is 0 Å². The van der Waals surface area contributed by atoms with Crippen LogP contribution >= 0.6 is 0 Å². The molecule has 2 aliphatic rings. The summed E-state index contributed by atoms with van der Waals surface area (Å²) in [6.45, 7) is 3.74. The monoisotopic (exact) mass is 391 g/mol. The van der Waals surface area contributed by atoms with Gasteiger partial charge in [-0.3, -0.25) is 9.69 Å². The number of carbonyl (C=O) groups is 1. The average molecular weight is 391 g/mol. The number of likely N-dealkylation sites (tertiary alicyclic amines) is 2.